The molecule has 5 rings (SSSR count). The first-order valence-electron chi connectivity index (χ1n) is 10.3. The molecule has 1 aliphatic rings. The van der Waals surface area contributed by atoms with Gasteiger partial charge in [-0.05, 0) is 35.2 Å². The van der Waals surface area contributed by atoms with Crippen molar-refractivity contribution in [3.8, 4) is 10.4 Å². The van der Waals surface area contributed by atoms with E-state index < -0.39 is 0 Å². The average Bonchev–Trinajstić information content (AvgIpc) is 3.27. The highest BCUT2D eigenvalue weighted by molar-refractivity contribution is 7.18. The monoisotopic (exact) mass is 445 g/mol. The largest absolute Gasteiger partial charge is 0.354 e. The first kappa shape index (κ1) is 20.3. The molecule has 1 amide bonds. The zero-order valence-corrected chi connectivity index (χ0v) is 18.6. The van der Waals surface area contributed by atoms with Crippen LogP contribution in [0.2, 0.25) is 0 Å². The number of hydrogen-bond donors (Lipinski definition) is 2. The number of hydrogen-bond acceptors (Lipinski definition) is 8. The van der Waals surface area contributed by atoms with E-state index in [1.807, 2.05) is 37.3 Å². The van der Waals surface area contributed by atoms with Crippen molar-refractivity contribution >= 4 is 44.8 Å². The minimum Gasteiger partial charge on any atom is -0.354 e. The van der Waals surface area contributed by atoms with Gasteiger partial charge in [-0.25, -0.2) is 15.0 Å². The van der Waals surface area contributed by atoms with E-state index in [4.69, 9.17) is 5.73 Å². The summed E-state index contributed by atoms with van der Waals surface area (Å²) in [5.74, 6) is 1.04. The molecule has 1 fully saturated rings. The lowest BCUT2D eigenvalue weighted by Crippen LogP contribution is -2.56. The first-order chi connectivity index (χ1) is 15.5. The topological polar surface area (TPSA) is 100 Å². The number of nitrogens with two attached hydrogens (primary N) is 1. The molecule has 0 aliphatic carbocycles. The molecule has 1 aromatic carbocycles. The number of thiazole rings is 1. The Morgan fingerprint density at radius 3 is 2.69 bits per heavy atom. The zero-order chi connectivity index (χ0) is 22.2. The van der Waals surface area contributed by atoms with Gasteiger partial charge in [0, 0.05) is 62.8 Å². The van der Waals surface area contributed by atoms with Gasteiger partial charge in [0.15, 0.2) is 5.13 Å². The van der Waals surface area contributed by atoms with Gasteiger partial charge in [-0.15, -0.1) is 0 Å². The summed E-state index contributed by atoms with van der Waals surface area (Å²) in [6.45, 7) is 1.50. The molecule has 3 aromatic heterocycles. The molecule has 1 saturated heterocycles. The number of carbonyl (C=O) groups excluding carboxylic acids is 1. The third kappa shape index (κ3) is 4.00. The van der Waals surface area contributed by atoms with Crippen molar-refractivity contribution in [1.82, 2.24) is 15.0 Å². The van der Waals surface area contributed by atoms with Gasteiger partial charge in [0.25, 0.3) is 5.91 Å². The van der Waals surface area contributed by atoms with Crippen molar-refractivity contribution in [2.45, 2.75) is 6.04 Å². The zero-order valence-electron chi connectivity index (χ0n) is 17.8. The lowest BCUT2D eigenvalue weighted by atomic mass is 10.1. The minimum atomic E-state index is -0.223. The number of amides is 1. The number of benzene rings is 1. The number of carbonyl (C=O) groups is 1. The predicted octanol–water partition coefficient (Wildman–Crippen LogP) is 3.22. The van der Waals surface area contributed by atoms with E-state index in [0.29, 0.717) is 11.4 Å². The molecule has 0 atom stereocenters. The highest BCUT2D eigenvalue weighted by Crippen LogP contribution is 2.32. The Balaban J connectivity index is 1.37. The van der Waals surface area contributed by atoms with Gasteiger partial charge in [0.2, 0.25) is 0 Å². The lowest BCUT2D eigenvalue weighted by Gasteiger charge is -2.37. The molecule has 8 nitrogen and oxygen atoms in total. The Bertz CT molecular complexity index is 1300. The number of anilines is 3. The summed E-state index contributed by atoms with van der Waals surface area (Å²) in [6, 6.07) is 11.7. The Labute approximate surface area is 189 Å². The normalized spacial score (nSPS) is 13.8. The summed E-state index contributed by atoms with van der Waals surface area (Å²) in [7, 11) is 3.96. The van der Waals surface area contributed by atoms with Crippen LogP contribution in [-0.4, -0.2) is 54.1 Å². The van der Waals surface area contributed by atoms with Gasteiger partial charge in [-0.3, -0.25) is 4.79 Å². The number of aromatic nitrogens is 3. The fourth-order valence-electron chi connectivity index (χ4n) is 3.59. The van der Waals surface area contributed by atoms with Gasteiger partial charge >= 0.3 is 0 Å². The highest BCUT2D eigenvalue weighted by Gasteiger charge is 2.24. The molecule has 0 bridgehead atoms. The summed E-state index contributed by atoms with van der Waals surface area (Å²) < 4.78 is 0. The fourth-order valence-corrected chi connectivity index (χ4v) is 4.42. The minimum absolute atomic E-state index is 0.167. The maximum Gasteiger partial charge on any atom is 0.257 e. The van der Waals surface area contributed by atoms with Crippen LogP contribution in [0.1, 0.15) is 10.4 Å². The van der Waals surface area contributed by atoms with E-state index >= 15 is 0 Å². The third-order valence-electron chi connectivity index (χ3n) is 5.37. The van der Waals surface area contributed by atoms with Crippen LogP contribution < -0.4 is 20.9 Å². The van der Waals surface area contributed by atoms with Gasteiger partial charge in [-0.1, -0.05) is 23.5 Å². The SMILES string of the molecule is CN(C)c1ncc(-c2ccc3cnc(NC(=O)c4ccnc(N5CC(N)C5)c4)cc3c2)s1. The standard InChI is InChI=1S/C23H23N7OS/c1-29(2)23-27-11-19(32-23)14-3-4-16-10-26-20(8-17(16)7-14)28-22(31)15-5-6-25-21(9-15)30-12-18(24)13-30/h3-11,18H,12-13,24H2,1-2H3,(H,26,28,31). The molecule has 162 valence electrons. The molecule has 4 heterocycles. The molecule has 9 heteroatoms. The summed E-state index contributed by atoms with van der Waals surface area (Å²) in [5.41, 5.74) is 7.47. The van der Waals surface area contributed by atoms with Crippen molar-refractivity contribution in [3.05, 3.63) is 60.6 Å². The summed E-state index contributed by atoms with van der Waals surface area (Å²) in [5, 5.41) is 5.86. The third-order valence-corrected chi connectivity index (χ3v) is 6.58. The number of rotatable bonds is 5. The average molecular weight is 446 g/mol. The maximum absolute atomic E-state index is 12.8. The van der Waals surface area contributed by atoms with Crippen LogP contribution in [0.15, 0.2) is 55.0 Å². The summed E-state index contributed by atoms with van der Waals surface area (Å²) in [6.07, 6.45) is 5.30. The van der Waals surface area contributed by atoms with Crippen molar-refractivity contribution < 1.29 is 4.79 Å². The van der Waals surface area contributed by atoms with Crippen LogP contribution in [0.4, 0.5) is 16.8 Å². The van der Waals surface area contributed by atoms with E-state index in [-0.39, 0.29) is 11.9 Å². The van der Waals surface area contributed by atoms with Gasteiger partial charge in [-0.2, -0.15) is 0 Å². The second-order valence-electron chi connectivity index (χ2n) is 8.05. The fraction of sp³-hybridized carbons (Fsp3) is 0.217. The number of nitrogens with one attached hydrogen (secondary N) is 1. The molecule has 1 aliphatic heterocycles. The molecule has 3 N–H and O–H groups in total. The molecule has 0 spiro atoms. The quantitative estimate of drug-likeness (QED) is 0.486. The molecule has 4 aromatic rings. The van der Waals surface area contributed by atoms with E-state index in [1.54, 1.807) is 35.9 Å². The molecular weight excluding hydrogens is 422 g/mol. The Kier molecular flexibility index (Phi) is 5.20. The predicted molar refractivity (Wildman–Crippen MR) is 130 cm³/mol. The van der Waals surface area contributed by atoms with Crippen molar-refractivity contribution in [2.24, 2.45) is 5.73 Å². The Hall–Kier alpha value is -3.56. The van der Waals surface area contributed by atoms with E-state index in [1.165, 1.54) is 0 Å². The van der Waals surface area contributed by atoms with Crippen LogP contribution in [0.3, 0.4) is 0 Å². The van der Waals surface area contributed by atoms with Crippen LogP contribution in [0.25, 0.3) is 21.2 Å². The van der Waals surface area contributed by atoms with Crippen molar-refractivity contribution in [3.63, 3.8) is 0 Å². The maximum atomic E-state index is 12.8. The number of nitrogens with zero attached hydrogens (tertiary/aromatic N) is 5. The molecule has 32 heavy (non-hydrogen) atoms. The molecular formula is C23H23N7OS. The van der Waals surface area contributed by atoms with E-state index in [9.17, 15) is 4.79 Å². The first-order valence-corrected chi connectivity index (χ1v) is 11.1. The van der Waals surface area contributed by atoms with Crippen LogP contribution in [0.5, 0.6) is 0 Å². The Morgan fingerprint density at radius 1 is 1.09 bits per heavy atom. The van der Waals surface area contributed by atoms with Crippen LogP contribution >= 0.6 is 11.3 Å². The van der Waals surface area contributed by atoms with Gasteiger partial charge < -0.3 is 20.9 Å². The molecule has 0 radical (unpaired) electrons. The van der Waals surface area contributed by atoms with E-state index in [2.05, 4.69) is 37.3 Å². The highest BCUT2D eigenvalue weighted by atomic mass is 32.1. The Morgan fingerprint density at radius 2 is 1.94 bits per heavy atom. The van der Waals surface area contributed by atoms with Gasteiger partial charge in [0.1, 0.15) is 11.6 Å². The van der Waals surface area contributed by atoms with Crippen molar-refractivity contribution in [2.75, 3.05) is 42.3 Å². The van der Waals surface area contributed by atoms with Gasteiger partial charge in [0.05, 0.1) is 4.88 Å². The smallest absolute Gasteiger partial charge is 0.257 e. The second kappa shape index (κ2) is 8.18. The number of fused-ring (bicyclic) bond motifs is 1. The van der Waals surface area contributed by atoms with Crippen LogP contribution in [-0.2, 0) is 0 Å². The molecule has 0 unspecified atom stereocenters. The van der Waals surface area contributed by atoms with Crippen molar-refractivity contribution in [1.29, 1.82) is 0 Å². The lowest BCUT2D eigenvalue weighted by molar-refractivity contribution is 0.102. The molecule has 0 saturated carbocycles. The second-order valence-corrected chi connectivity index (χ2v) is 9.06. The van der Waals surface area contributed by atoms with E-state index in [0.717, 1.165) is 45.3 Å². The summed E-state index contributed by atoms with van der Waals surface area (Å²) in [4.78, 5) is 31.2. The summed E-state index contributed by atoms with van der Waals surface area (Å²) >= 11 is 1.64. The van der Waals surface area contributed by atoms with Crippen LogP contribution in [0, 0.1) is 0 Å². The number of pyridine rings is 2.